The number of H-pyrrole nitrogens is 1. The van der Waals surface area contributed by atoms with Gasteiger partial charge in [0.1, 0.15) is 11.5 Å². The molecule has 0 unspecified atom stereocenters. The van der Waals surface area contributed by atoms with E-state index in [1.807, 2.05) is 12.1 Å². The van der Waals surface area contributed by atoms with Gasteiger partial charge in [-0.05, 0) is 60.0 Å². The molecular formula is C24H18F3NO4. The van der Waals surface area contributed by atoms with Crippen LogP contribution in [0.1, 0.15) is 41.2 Å². The second-order valence-corrected chi connectivity index (χ2v) is 7.79. The van der Waals surface area contributed by atoms with Gasteiger partial charge in [-0.15, -0.1) is 0 Å². The first-order valence-electron chi connectivity index (χ1n) is 10.1. The van der Waals surface area contributed by atoms with Gasteiger partial charge in [0.05, 0.1) is 5.56 Å². The molecule has 0 spiro atoms. The van der Waals surface area contributed by atoms with Gasteiger partial charge in [-0.2, -0.15) is 13.2 Å². The van der Waals surface area contributed by atoms with E-state index >= 15 is 0 Å². The number of oxazole rings is 1. The Balaban J connectivity index is 1.51. The number of aromatic nitrogens is 1. The van der Waals surface area contributed by atoms with Gasteiger partial charge in [0.25, 0.3) is 0 Å². The van der Waals surface area contributed by atoms with Crippen molar-refractivity contribution in [2.24, 2.45) is 0 Å². The van der Waals surface area contributed by atoms with Crippen LogP contribution < -0.4 is 10.5 Å². The number of aromatic amines is 1. The molecule has 1 aromatic heterocycles. The maximum Gasteiger partial charge on any atom is 0.419 e. The molecule has 1 atom stereocenters. The van der Waals surface area contributed by atoms with Crippen LogP contribution in [-0.4, -0.2) is 10.1 Å². The van der Waals surface area contributed by atoms with E-state index in [-0.39, 0.29) is 22.9 Å². The molecule has 1 heterocycles. The summed E-state index contributed by atoms with van der Waals surface area (Å²) in [5.74, 6) is -0.218. The van der Waals surface area contributed by atoms with Gasteiger partial charge < -0.3 is 14.3 Å². The van der Waals surface area contributed by atoms with E-state index in [4.69, 9.17) is 9.15 Å². The third kappa shape index (κ3) is 3.51. The van der Waals surface area contributed by atoms with Crippen LogP contribution in [0.4, 0.5) is 13.2 Å². The number of nitrogens with one attached hydrogen (secondary N) is 1. The molecule has 1 aliphatic rings. The number of alkyl halides is 3. The van der Waals surface area contributed by atoms with Gasteiger partial charge in [0.15, 0.2) is 5.76 Å². The van der Waals surface area contributed by atoms with E-state index in [1.54, 1.807) is 24.3 Å². The maximum absolute atomic E-state index is 13.4. The molecular weight excluding hydrogens is 423 g/mol. The van der Waals surface area contributed by atoms with E-state index in [0.717, 1.165) is 30.0 Å². The number of ether oxygens (including phenoxy) is 1. The molecule has 0 aliphatic heterocycles. The monoisotopic (exact) mass is 441 g/mol. The molecule has 8 heteroatoms. The Kier molecular flexibility index (Phi) is 4.73. The van der Waals surface area contributed by atoms with E-state index in [1.165, 1.54) is 12.1 Å². The minimum atomic E-state index is -4.46. The molecule has 0 amide bonds. The molecule has 32 heavy (non-hydrogen) atoms. The largest absolute Gasteiger partial charge is 0.492 e. The van der Waals surface area contributed by atoms with Crippen molar-refractivity contribution in [1.29, 1.82) is 0 Å². The van der Waals surface area contributed by atoms with Crippen LogP contribution in [0.2, 0.25) is 0 Å². The summed E-state index contributed by atoms with van der Waals surface area (Å²) in [5, 5.41) is 10.4. The fourth-order valence-corrected chi connectivity index (χ4v) is 4.43. The lowest BCUT2D eigenvalue weighted by Gasteiger charge is -2.24. The second-order valence-electron chi connectivity index (χ2n) is 7.79. The number of rotatable bonds is 3. The van der Waals surface area contributed by atoms with Crippen LogP contribution in [0.25, 0.3) is 10.8 Å². The first-order valence-corrected chi connectivity index (χ1v) is 10.1. The molecule has 5 rings (SSSR count). The molecule has 3 aromatic carbocycles. The van der Waals surface area contributed by atoms with Gasteiger partial charge >= 0.3 is 11.9 Å². The summed E-state index contributed by atoms with van der Waals surface area (Å²) in [6.07, 6.45) is -2.16. The summed E-state index contributed by atoms with van der Waals surface area (Å²) in [7, 11) is 0. The maximum atomic E-state index is 13.4. The lowest BCUT2D eigenvalue weighted by Crippen LogP contribution is -2.11. The highest BCUT2D eigenvalue weighted by Crippen LogP contribution is 2.42. The highest BCUT2D eigenvalue weighted by Gasteiger charge is 2.33. The van der Waals surface area contributed by atoms with Crippen molar-refractivity contribution in [3.05, 3.63) is 87.6 Å². The zero-order valence-electron chi connectivity index (χ0n) is 16.7. The second kappa shape index (κ2) is 7.47. The quantitative estimate of drug-likeness (QED) is 0.403. The van der Waals surface area contributed by atoms with Crippen molar-refractivity contribution in [3.8, 4) is 17.4 Å². The fraction of sp³-hybridized carbons (Fsp3) is 0.208. The van der Waals surface area contributed by atoms with Crippen LogP contribution in [0.15, 0.2) is 63.8 Å². The SMILES string of the molecule is O=c1[nH]c(O)c([C@@H]2CCCc3cc(Oc4ccc(C(F)(F)F)c5ccccc45)ccc32)o1. The van der Waals surface area contributed by atoms with Gasteiger partial charge in [-0.3, -0.25) is 4.98 Å². The molecule has 4 aromatic rings. The van der Waals surface area contributed by atoms with Crippen molar-refractivity contribution in [3.63, 3.8) is 0 Å². The third-order valence-corrected chi connectivity index (χ3v) is 5.82. The summed E-state index contributed by atoms with van der Waals surface area (Å²) >= 11 is 0. The first-order chi connectivity index (χ1) is 15.3. The van der Waals surface area contributed by atoms with Crippen LogP contribution in [0.3, 0.4) is 0 Å². The average molecular weight is 441 g/mol. The lowest BCUT2D eigenvalue weighted by molar-refractivity contribution is -0.136. The Labute approximate surface area is 180 Å². The number of benzene rings is 3. The molecule has 0 saturated heterocycles. The fourth-order valence-electron chi connectivity index (χ4n) is 4.43. The molecule has 164 valence electrons. The number of aromatic hydroxyl groups is 1. The molecule has 0 bridgehead atoms. The minimum absolute atomic E-state index is 0.0773. The normalized spacial score (nSPS) is 16.2. The number of fused-ring (bicyclic) bond motifs is 2. The van der Waals surface area contributed by atoms with E-state index in [9.17, 15) is 23.1 Å². The molecule has 2 N–H and O–H groups in total. The number of hydrogen-bond acceptors (Lipinski definition) is 4. The number of aryl methyl sites for hydroxylation is 1. The smallest absolute Gasteiger partial charge is 0.419 e. The average Bonchev–Trinajstić information content (AvgIpc) is 3.10. The van der Waals surface area contributed by atoms with Gasteiger partial charge in [-0.1, -0.05) is 30.3 Å². The van der Waals surface area contributed by atoms with Crippen LogP contribution in [0.5, 0.6) is 17.4 Å². The third-order valence-electron chi connectivity index (χ3n) is 5.82. The molecule has 0 saturated carbocycles. The first kappa shape index (κ1) is 20.2. The van der Waals surface area contributed by atoms with Crippen LogP contribution in [0, 0.1) is 0 Å². The number of halogens is 3. The van der Waals surface area contributed by atoms with Gasteiger partial charge in [-0.25, -0.2) is 4.79 Å². The Hall–Kier alpha value is -3.68. The van der Waals surface area contributed by atoms with Crippen molar-refractivity contribution >= 4 is 10.8 Å². The Bertz CT molecular complexity index is 1370. The number of hydrogen-bond donors (Lipinski definition) is 2. The Morgan fingerprint density at radius 2 is 1.84 bits per heavy atom. The standard InChI is InChI=1S/C24H18F3NO4/c25-24(26,27)19-10-11-20(17-6-2-1-5-16(17)19)31-14-8-9-15-13(12-14)4-3-7-18(15)21-22(29)28-23(30)32-21/h1-2,5-6,8-12,18,29H,3-4,7H2,(H,28,30)/t18-/m1/s1. The van der Waals surface area contributed by atoms with E-state index in [0.29, 0.717) is 23.3 Å². The minimum Gasteiger partial charge on any atom is -0.492 e. The van der Waals surface area contributed by atoms with Crippen molar-refractivity contribution in [1.82, 2.24) is 4.98 Å². The van der Waals surface area contributed by atoms with Gasteiger partial charge in [0.2, 0.25) is 5.88 Å². The van der Waals surface area contributed by atoms with E-state index in [2.05, 4.69) is 4.98 Å². The summed E-state index contributed by atoms with van der Waals surface area (Å²) in [6, 6.07) is 14.0. The van der Waals surface area contributed by atoms with Crippen LogP contribution >= 0.6 is 0 Å². The highest BCUT2D eigenvalue weighted by molar-refractivity contribution is 5.91. The van der Waals surface area contributed by atoms with Crippen molar-refractivity contribution in [2.45, 2.75) is 31.4 Å². The zero-order valence-corrected chi connectivity index (χ0v) is 16.7. The van der Waals surface area contributed by atoms with E-state index < -0.39 is 17.5 Å². The summed E-state index contributed by atoms with van der Waals surface area (Å²) in [4.78, 5) is 13.7. The predicted octanol–water partition coefficient (Wildman–Crippen LogP) is 6.11. The highest BCUT2D eigenvalue weighted by atomic mass is 19.4. The zero-order chi connectivity index (χ0) is 22.5. The topological polar surface area (TPSA) is 75.5 Å². The van der Waals surface area contributed by atoms with Crippen molar-refractivity contribution in [2.75, 3.05) is 0 Å². The van der Waals surface area contributed by atoms with Crippen LogP contribution in [-0.2, 0) is 12.6 Å². The summed E-state index contributed by atoms with van der Waals surface area (Å²) < 4.78 is 51.3. The Morgan fingerprint density at radius 3 is 2.56 bits per heavy atom. The molecule has 0 radical (unpaired) electrons. The Morgan fingerprint density at radius 1 is 1.06 bits per heavy atom. The lowest BCUT2D eigenvalue weighted by atomic mass is 9.81. The predicted molar refractivity (Wildman–Crippen MR) is 111 cm³/mol. The molecule has 1 aliphatic carbocycles. The van der Waals surface area contributed by atoms with Gasteiger partial charge in [0, 0.05) is 11.3 Å². The molecule has 0 fully saturated rings. The molecule has 5 nitrogen and oxygen atoms in total. The summed E-state index contributed by atoms with van der Waals surface area (Å²) in [5.41, 5.74) is 1.18. The van der Waals surface area contributed by atoms with Crippen molar-refractivity contribution < 1.29 is 27.4 Å². The summed E-state index contributed by atoms with van der Waals surface area (Å²) in [6.45, 7) is 0.